The third-order valence-electron chi connectivity index (χ3n) is 5.02. The number of aromatic nitrogens is 4. The van der Waals surface area contributed by atoms with Crippen molar-refractivity contribution < 1.29 is 4.79 Å². The standard InChI is InChI=1S/C23H23N5O2/c1-15(2)28-23(30)20-7-5-4-6-19(20)21(26-28)22(29)25-18-10-8-17(9-11-18)14-27-13-12-24-16(27)3/h4-13,15H,14H2,1-3H3,(H,25,29). The Morgan fingerprint density at radius 2 is 1.77 bits per heavy atom. The lowest BCUT2D eigenvalue weighted by Gasteiger charge is -2.13. The molecule has 0 saturated heterocycles. The van der Waals surface area contributed by atoms with Crippen LogP contribution in [0.4, 0.5) is 5.69 Å². The minimum absolute atomic E-state index is 0.153. The Bertz CT molecular complexity index is 1270. The van der Waals surface area contributed by atoms with E-state index in [0.717, 1.165) is 11.4 Å². The molecule has 1 amide bonds. The molecule has 1 N–H and O–H groups in total. The summed E-state index contributed by atoms with van der Waals surface area (Å²) >= 11 is 0. The van der Waals surface area contributed by atoms with Gasteiger partial charge in [0.1, 0.15) is 5.82 Å². The van der Waals surface area contributed by atoms with Crippen LogP contribution in [-0.2, 0) is 6.54 Å². The summed E-state index contributed by atoms with van der Waals surface area (Å²) in [5.74, 6) is 0.601. The zero-order valence-electron chi connectivity index (χ0n) is 17.2. The average Bonchev–Trinajstić information content (AvgIpc) is 3.14. The molecule has 0 aliphatic heterocycles. The number of carbonyl (C=O) groups excluding carboxylic acids is 1. The molecular formula is C23H23N5O2. The fraction of sp³-hybridized carbons (Fsp3) is 0.217. The van der Waals surface area contributed by atoms with Gasteiger partial charge in [-0.1, -0.05) is 30.3 Å². The summed E-state index contributed by atoms with van der Waals surface area (Å²) in [4.78, 5) is 29.9. The van der Waals surface area contributed by atoms with Crippen LogP contribution in [0.5, 0.6) is 0 Å². The van der Waals surface area contributed by atoms with Gasteiger partial charge in [0.05, 0.1) is 11.4 Å². The third kappa shape index (κ3) is 3.74. The van der Waals surface area contributed by atoms with Crippen LogP contribution >= 0.6 is 0 Å². The Kier molecular flexibility index (Phi) is 5.18. The monoisotopic (exact) mass is 401 g/mol. The highest BCUT2D eigenvalue weighted by Gasteiger charge is 2.18. The number of amides is 1. The molecule has 0 unspecified atom stereocenters. The lowest BCUT2D eigenvalue weighted by Crippen LogP contribution is -2.28. The molecule has 0 fully saturated rings. The summed E-state index contributed by atoms with van der Waals surface area (Å²) in [6.45, 7) is 6.41. The van der Waals surface area contributed by atoms with Crippen molar-refractivity contribution >= 4 is 22.4 Å². The fourth-order valence-electron chi connectivity index (χ4n) is 3.38. The van der Waals surface area contributed by atoms with Crippen molar-refractivity contribution in [3.05, 3.63) is 88.4 Å². The summed E-state index contributed by atoms with van der Waals surface area (Å²) < 4.78 is 3.41. The smallest absolute Gasteiger partial charge is 0.276 e. The first kappa shape index (κ1) is 19.6. The molecule has 0 atom stereocenters. The number of benzene rings is 2. The molecule has 30 heavy (non-hydrogen) atoms. The number of nitrogens with zero attached hydrogens (tertiary/aromatic N) is 4. The topological polar surface area (TPSA) is 81.8 Å². The van der Waals surface area contributed by atoms with Crippen molar-refractivity contribution in [1.82, 2.24) is 19.3 Å². The van der Waals surface area contributed by atoms with Gasteiger partial charge in [0, 0.05) is 30.0 Å². The molecule has 0 aliphatic rings. The Morgan fingerprint density at radius 1 is 1.07 bits per heavy atom. The van der Waals surface area contributed by atoms with E-state index in [2.05, 4.69) is 20.0 Å². The molecule has 2 heterocycles. The zero-order chi connectivity index (χ0) is 21.3. The first-order valence-corrected chi connectivity index (χ1v) is 9.83. The molecule has 7 heteroatoms. The number of imidazole rings is 1. The van der Waals surface area contributed by atoms with Crippen molar-refractivity contribution in [1.29, 1.82) is 0 Å². The maximum atomic E-state index is 13.0. The van der Waals surface area contributed by atoms with E-state index in [9.17, 15) is 9.59 Å². The summed E-state index contributed by atoms with van der Waals surface area (Å²) in [7, 11) is 0. The van der Waals surface area contributed by atoms with E-state index in [1.54, 1.807) is 30.5 Å². The highest BCUT2D eigenvalue weighted by atomic mass is 16.2. The Balaban J connectivity index is 1.61. The van der Waals surface area contributed by atoms with Crippen molar-refractivity contribution in [2.75, 3.05) is 5.32 Å². The molecule has 2 aromatic heterocycles. The van der Waals surface area contributed by atoms with E-state index in [1.807, 2.05) is 51.2 Å². The van der Waals surface area contributed by atoms with Crippen LogP contribution in [-0.4, -0.2) is 25.2 Å². The van der Waals surface area contributed by atoms with Crippen LogP contribution < -0.4 is 10.9 Å². The van der Waals surface area contributed by atoms with Gasteiger partial charge >= 0.3 is 0 Å². The van der Waals surface area contributed by atoms with Crippen LogP contribution in [0.3, 0.4) is 0 Å². The van der Waals surface area contributed by atoms with Gasteiger partial charge in [0.2, 0.25) is 0 Å². The van der Waals surface area contributed by atoms with Crippen molar-refractivity contribution in [2.24, 2.45) is 0 Å². The molecule has 0 spiro atoms. The van der Waals surface area contributed by atoms with Gasteiger partial charge in [-0.25, -0.2) is 9.67 Å². The Morgan fingerprint density at radius 3 is 2.40 bits per heavy atom. The largest absolute Gasteiger partial charge is 0.331 e. The van der Waals surface area contributed by atoms with Crippen LogP contribution in [0, 0.1) is 6.92 Å². The van der Waals surface area contributed by atoms with Crippen molar-refractivity contribution in [2.45, 2.75) is 33.4 Å². The summed E-state index contributed by atoms with van der Waals surface area (Å²) in [5.41, 5.74) is 1.80. The van der Waals surface area contributed by atoms with Crippen LogP contribution in [0.15, 0.2) is 65.7 Å². The normalized spacial score (nSPS) is 11.2. The minimum atomic E-state index is -0.348. The molecule has 0 saturated carbocycles. The highest BCUT2D eigenvalue weighted by molar-refractivity contribution is 6.11. The van der Waals surface area contributed by atoms with Gasteiger partial charge in [-0.15, -0.1) is 0 Å². The number of hydrogen-bond donors (Lipinski definition) is 1. The molecule has 152 valence electrons. The summed E-state index contributed by atoms with van der Waals surface area (Å²) in [6.07, 6.45) is 3.71. The fourth-order valence-corrected chi connectivity index (χ4v) is 3.38. The summed E-state index contributed by atoms with van der Waals surface area (Å²) in [6, 6.07) is 14.6. The lowest BCUT2D eigenvalue weighted by molar-refractivity contribution is 0.102. The van der Waals surface area contributed by atoms with Crippen LogP contribution in [0.2, 0.25) is 0 Å². The minimum Gasteiger partial charge on any atom is -0.331 e. The lowest BCUT2D eigenvalue weighted by atomic mass is 10.1. The Labute approximate surface area is 174 Å². The van der Waals surface area contributed by atoms with Crippen molar-refractivity contribution in [3.8, 4) is 0 Å². The number of fused-ring (bicyclic) bond motifs is 1. The SMILES string of the molecule is Cc1nccn1Cc1ccc(NC(=O)c2nn(C(C)C)c(=O)c3ccccc23)cc1. The highest BCUT2D eigenvalue weighted by Crippen LogP contribution is 2.17. The molecule has 0 bridgehead atoms. The molecule has 2 aromatic carbocycles. The second kappa shape index (κ2) is 7.94. The molecule has 0 aliphatic carbocycles. The zero-order valence-corrected chi connectivity index (χ0v) is 17.2. The number of anilines is 1. The molecular weight excluding hydrogens is 378 g/mol. The van der Waals surface area contributed by atoms with Gasteiger partial charge < -0.3 is 9.88 Å². The molecule has 4 rings (SSSR count). The number of aryl methyl sites for hydroxylation is 1. The summed E-state index contributed by atoms with van der Waals surface area (Å²) in [5, 5.41) is 8.28. The molecule has 7 nitrogen and oxygen atoms in total. The number of rotatable bonds is 5. The quantitative estimate of drug-likeness (QED) is 0.552. The Hall–Kier alpha value is -3.74. The van der Waals surface area contributed by atoms with E-state index in [1.165, 1.54) is 4.68 Å². The second-order valence-corrected chi connectivity index (χ2v) is 7.49. The van der Waals surface area contributed by atoms with Gasteiger partial charge in [-0.2, -0.15) is 5.10 Å². The third-order valence-corrected chi connectivity index (χ3v) is 5.02. The van der Waals surface area contributed by atoms with Crippen LogP contribution in [0.1, 0.15) is 41.8 Å². The maximum Gasteiger partial charge on any atom is 0.276 e. The van der Waals surface area contributed by atoms with E-state index in [0.29, 0.717) is 23.0 Å². The van der Waals surface area contributed by atoms with E-state index < -0.39 is 0 Å². The second-order valence-electron chi connectivity index (χ2n) is 7.49. The van der Waals surface area contributed by atoms with Crippen LogP contribution in [0.25, 0.3) is 10.8 Å². The molecule has 0 radical (unpaired) electrons. The predicted octanol–water partition coefficient (Wildman–Crippen LogP) is 3.78. The van der Waals surface area contributed by atoms with E-state index >= 15 is 0 Å². The number of nitrogens with one attached hydrogen (secondary N) is 1. The van der Waals surface area contributed by atoms with Gasteiger partial charge in [-0.3, -0.25) is 9.59 Å². The van der Waals surface area contributed by atoms with Gasteiger partial charge in [0.25, 0.3) is 11.5 Å². The van der Waals surface area contributed by atoms with Gasteiger partial charge in [-0.05, 0) is 44.5 Å². The van der Waals surface area contributed by atoms with E-state index in [-0.39, 0.29) is 23.2 Å². The number of carbonyl (C=O) groups is 1. The maximum absolute atomic E-state index is 13.0. The predicted molar refractivity (Wildman–Crippen MR) is 117 cm³/mol. The molecule has 4 aromatic rings. The van der Waals surface area contributed by atoms with E-state index in [4.69, 9.17) is 0 Å². The van der Waals surface area contributed by atoms with Crippen molar-refractivity contribution in [3.63, 3.8) is 0 Å². The number of hydrogen-bond acceptors (Lipinski definition) is 4. The first-order valence-electron chi connectivity index (χ1n) is 9.83. The van der Waals surface area contributed by atoms with Gasteiger partial charge in [0.15, 0.2) is 5.69 Å². The first-order chi connectivity index (χ1) is 14.4. The average molecular weight is 401 g/mol.